The molecule has 1 rings (SSSR count). The first-order valence-electron chi connectivity index (χ1n) is 4.15. The molecule has 1 aliphatic heterocycles. The lowest BCUT2D eigenvalue weighted by molar-refractivity contribution is -0.0610. The molecule has 0 bridgehead atoms. The van der Waals surface area contributed by atoms with E-state index in [1.165, 1.54) is 0 Å². The summed E-state index contributed by atoms with van der Waals surface area (Å²) in [6.07, 6.45) is 1.32. The predicted octanol–water partition coefficient (Wildman–Crippen LogP) is -0.359. The normalized spacial score (nSPS) is 21.7. The Morgan fingerprint density at radius 3 is 2.75 bits per heavy atom. The van der Waals surface area contributed by atoms with Crippen molar-refractivity contribution in [3.8, 4) is 6.07 Å². The average Bonchev–Trinajstić information content (AvgIpc) is 2.06. The average molecular weight is 170 g/mol. The molecule has 4 nitrogen and oxygen atoms in total. The lowest BCUT2D eigenvalue weighted by Gasteiger charge is -2.31. The van der Waals surface area contributed by atoms with Crippen LogP contribution in [0.3, 0.4) is 0 Å². The molecular weight excluding hydrogens is 156 g/mol. The van der Waals surface area contributed by atoms with Crippen LogP contribution in [0.1, 0.15) is 12.8 Å². The number of rotatable bonds is 3. The molecule has 1 heterocycles. The summed E-state index contributed by atoms with van der Waals surface area (Å²) < 4.78 is 5.12. The zero-order chi connectivity index (χ0) is 8.86. The minimum Gasteiger partial charge on any atom is -0.388 e. The van der Waals surface area contributed by atoms with Crippen molar-refractivity contribution in [2.45, 2.75) is 18.4 Å². The maximum Gasteiger partial charge on any atom is 0.0841 e. The van der Waals surface area contributed by atoms with Gasteiger partial charge < -0.3 is 15.2 Å². The number of nitriles is 1. The first kappa shape index (κ1) is 9.46. The van der Waals surface area contributed by atoms with Crippen LogP contribution in [-0.2, 0) is 4.74 Å². The van der Waals surface area contributed by atoms with Crippen molar-refractivity contribution < 1.29 is 9.84 Å². The summed E-state index contributed by atoms with van der Waals surface area (Å²) in [5.41, 5.74) is -0.658. The SMILES string of the molecule is N#CCNCC1(O)CCOCC1. The smallest absolute Gasteiger partial charge is 0.0841 e. The number of ether oxygens (including phenoxy) is 1. The highest BCUT2D eigenvalue weighted by Gasteiger charge is 2.28. The Labute approximate surface area is 72.1 Å². The van der Waals surface area contributed by atoms with Gasteiger partial charge in [-0.15, -0.1) is 0 Å². The van der Waals surface area contributed by atoms with Crippen molar-refractivity contribution in [3.05, 3.63) is 0 Å². The second kappa shape index (κ2) is 4.41. The molecule has 12 heavy (non-hydrogen) atoms. The molecule has 1 fully saturated rings. The van der Waals surface area contributed by atoms with Crippen molar-refractivity contribution in [1.29, 1.82) is 5.26 Å². The fourth-order valence-corrected chi connectivity index (χ4v) is 1.28. The summed E-state index contributed by atoms with van der Waals surface area (Å²) in [7, 11) is 0. The standard InChI is InChI=1S/C8H14N2O2/c9-3-4-10-7-8(11)1-5-12-6-2-8/h10-11H,1-2,4-7H2. The second-order valence-corrected chi connectivity index (χ2v) is 3.10. The molecule has 0 amide bonds. The third-order valence-corrected chi connectivity index (χ3v) is 2.08. The number of nitrogens with one attached hydrogen (secondary N) is 1. The largest absolute Gasteiger partial charge is 0.388 e. The van der Waals surface area contributed by atoms with Crippen LogP contribution in [0.4, 0.5) is 0 Å². The van der Waals surface area contributed by atoms with Crippen molar-refractivity contribution in [3.63, 3.8) is 0 Å². The molecule has 0 unspecified atom stereocenters. The van der Waals surface area contributed by atoms with E-state index >= 15 is 0 Å². The zero-order valence-corrected chi connectivity index (χ0v) is 7.05. The highest BCUT2D eigenvalue weighted by molar-refractivity contribution is 4.85. The molecule has 0 saturated carbocycles. The van der Waals surface area contributed by atoms with E-state index in [-0.39, 0.29) is 0 Å². The number of hydrogen-bond acceptors (Lipinski definition) is 4. The summed E-state index contributed by atoms with van der Waals surface area (Å²) in [5.74, 6) is 0. The Kier molecular flexibility index (Phi) is 3.48. The number of hydrogen-bond donors (Lipinski definition) is 2. The van der Waals surface area contributed by atoms with E-state index in [1.54, 1.807) is 0 Å². The van der Waals surface area contributed by atoms with E-state index < -0.39 is 5.60 Å². The maximum atomic E-state index is 9.85. The highest BCUT2D eigenvalue weighted by atomic mass is 16.5. The molecule has 0 spiro atoms. The molecule has 68 valence electrons. The molecule has 4 heteroatoms. The first-order chi connectivity index (χ1) is 5.77. The van der Waals surface area contributed by atoms with Gasteiger partial charge >= 0.3 is 0 Å². The van der Waals surface area contributed by atoms with Crippen LogP contribution in [0.2, 0.25) is 0 Å². The van der Waals surface area contributed by atoms with Crippen molar-refractivity contribution in [1.82, 2.24) is 5.32 Å². The van der Waals surface area contributed by atoms with Gasteiger partial charge in [0, 0.05) is 32.6 Å². The van der Waals surface area contributed by atoms with Gasteiger partial charge in [-0.3, -0.25) is 0 Å². The fraction of sp³-hybridized carbons (Fsp3) is 0.875. The van der Waals surface area contributed by atoms with Crippen LogP contribution >= 0.6 is 0 Å². The molecule has 0 aromatic heterocycles. The highest BCUT2D eigenvalue weighted by Crippen LogP contribution is 2.18. The van der Waals surface area contributed by atoms with Crippen LogP contribution in [0.15, 0.2) is 0 Å². The minimum absolute atomic E-state index is 0.295. The molecule has 0 aromatic carbocycles. The van der Waals surface area contributed by atoms with Gasteiger partial charge in [0.15, 0.2) is 0 Å². The van der Waals surface area contributed by atoms with Crippen LogP contribution in [-0.4, -0.2) is 37.0 Å². The van der Waals surface area contributed by atoms with Crippen LogP contribution in [0.25, 0.3) is 0 Å². The Balaban J connectivity index is 2.23. The van der Waals surface area contributed by atoms with E-state index in [4.69, 9.17) is 10.00 Å². The number of aliphatic hydroxyl groups is 1. The van der Waals surface area contributed by atoms with Gasteiger partial charge in [0.2, 0.25) is 0 Å². The molecule has 0 aliphatic carbocycles. The monoisotopic (exact) mass is 170 g/mol. The van der Waals surface area contributed by atoms with E-state index in [0.717, 1.165) is 0 Å². The third-order valence-electron chi connectivity index (χ3n) is 2.08. The predicted molar refractivity (Wildman–Crippen MR) is 43.5 cm³/mol. The zero-order valence-electron chi connectivity index (χ0n) is 7.05. The molecule has 2 N–H and O–H groups in total. The molecule has 1 saturated heterocycles. The van der Waals surface area contributed by atoms with Crippen LogP contribution in [0.5, 0.6) is 0 Å². The Bertz CT molecular complexity index is 170. The summed E-state index contributed by atoms with van der Waals surface area (Å²) in [4.78, 5) is 0. The molecule has 0 atom stereocenters. The van der Waals surface area contributed by atoms with Gasteiger partial charge in [-0.05, 0) is 0 Å². The van der Waals surface area contributed by atoms with Crippen LogP contribution < -0.4 is 5.32 Å². The molecular formula is C8H14N2O2. The van der Waals surface area contributed by atoms with Crippen molar-refractivity contribution in [2.75, 3.05) is 26.3 Å². The van der Waals surface area contributed by atoms with Gasteiger partial charge in [-0.2, -0.15) is 5.26 Å². The van der Waals surface area contributed by atoms with E-state index in [9.17, 15) is 5.11 Å². The second-order valence-electron chi connectivity index (χ2n) is 3.10. The molecule has 0 radical (unpaired) electrons. The summed E-state index contributed by atoms with van der Waals surface area (Å²) >= 11 is 0. The van der Waals surface area contributed by atoms with Crippen molar-refractivity contribution in [2.24, 2.45) is 0 Å². The Morgan fingerprint density at radius 2 is 2.17 bits per heavy atom. The Morgan fingerprint density at radius 1 is 1.50 bits per heavy atom. The van der Waals surface area contributed by atoms with E-state index in [0.29, 0.717) is 39.1 Å². The van der Waals surface area contributed by atoms with Gasteiger partial charge in [0.1, 0.15) is 0 Å². The van der Waals surface area contributed by atoms with E-state index in [2.05, 4.69) is 5.32 Å². The topological polar surface area (TPSA) is 65.3 Å². The fourth-order valence-electron chi connectivity index (χ4n) is 1.28. The van der Waals surface area contributed by atoms with Crippen LogP contribution in [0, 0.1) is 11.3 Å². The van der Waals surface area contributed by atoms with Crippen molar-refractivity contribution >= 4 is 0 Å². The molecule has 1 aliphatic rings. The van der Waals surface area contributed by atoms with Gasteiger partial charge in [-0.1, -0.05) is 0 Å². The Hall–Kier alpha value is -0.630. The minimum atomic E-state index is -0.658. The summed E-state index contributed by atoms with van der Waals surface area (Å²) in [6, 6.07) is 1.97. The number of nitrogens with zero attached hydrogens (tertiary/aromatic N) is 1. The van der Waals surface area contributed by atoms with Gasteiger partial charge in [-0.25, -0.2) is 0 Å². The maximum absolute atomic E-state index is 9.85. The van der Waals surface area contributed by atoms with Gasteiger partial charge in [0.25, 0.3) is 0 Å². The lowest BCUT2D eigenvalue weighted by atomic mass is 9.94. The molecule has 0 aromatic rings. The summed E-state index contributed by atoms with van der Waals surface area (Å²) in [6.45, 7) is 2.02. The quantitative estimate of drug-likeness (QED) is 0.448. The first-order valence-corrected chi connectivity index (χ1v) is 4.15. The third kappa shape index (κ3) is 2.78. The van der Waals surface area contributed by atoms with Gasteiger partial charge in [0.05, 0.1) is 18.2 Å². The lowest BCUT2D eigenvalue weighted by Crippen LogP contribution is -2.45. The summed E-state index contributed by atoms with van der Waals surface area (Å²) in [5, 5.41) is 21.0. The van der Waals surface area contributed by atoms with E-state index in [1.807, 2.05) is 6.07 Å².